The number of thiazole rings is 1. The topological polar surface area (TPSA) is 87.7 Å². The number of carbonyl (C=O) groups excluding carboxylic acids is 2. The molecule has 4 heterocycles. The van der Waals surface area contributed by atoms with E-state index in [4.69, 9.17) is 27.9 Å². The molecular formula is C24H27Cl2N5O3S2. The first-order valence-corrected chi connectivity index (χ1v) is 14.0. The first-order chi connectivity index (χ1) is 17.2. The molecule has 0 atom stereocenters. The Balaban J connectivity index is 1.45. The van der Waals surface area contributed by atoms with E-state index < -0.39 is 0 Å². The van der Waals surface area contributed by atoms with E-state index in [1.807, 2.05) is 37.4 Å². The lowest BCUT2D eigenvalue weighted by Crippen LogP contribution is -2.37. The van der Waals surface area contributed by atoms with Gasteiger partial charge in [-0.05, 0) is 46.0 Å². The van der Waals surface area contributed by atoms with Crippen molar-refractivity contribution in [3.63, 3.8) is 0 Å². The second-order valence-electron chi connectivity index (χ2n) is 8.65. The number of pyridine rings is 1. The van der Waals surface area contributed by atoms with E-state index in [0.29, 0.717) is 65.6 Å². The number of esters is 1. The van der Waals surface area contributed by atoms with Crippen molar-refractivity contribution >= 4 is 68.7 Å². The minimum atomic E-state index is -0.335. The summed E-state index contributed by atoms with van der Waals surface area (Å²) in [7, 11) is 3.97. The first kappa shape index (κ1) is 26.8. The summed E-state index contributed by atoms with van der Waals surface area (Å²) in [5.74, 6) is 0.0214. The number of aromatic nitrogens is 2. The van der Waals surface area contributed by atoms with Crippen molar-refractivity contribution in [1.29, 1.82) is 0 Å². The Labute approximate surface area is 228 Å². The monoisotopic (exact) mass is 567 g/mol. The van der Waals surface area contributed by atoms with E-state index in [2.05, 4.69) is 20.2 Å². The fraction of sp³-hybridized carbons (Fsp3) is 0.417. The summed E-state index contributed by atoms with van der Waals surface area (Å²) in [6.07, 6.45) is 2.87. The Bertz CT molecular complexity index is 1240. The highest BCUT2D eigenvalue weighted by atomic mass is 35.5. The fourth-order valence-electron chi connectivity index (χ4n) is 3.97. The van der Waals surface area contributed by atoms with Crippen molar-refractivity contribution in [2.24, 2.45) is 5.92 Å². The molecule has 0 aliphatic carbocycles. The Morgan fingerprint density at radius 3 is 2.61 bits per heavy atom. The van der Waals surface area contributed by atoms with Gasteiger partial charge in [0.05, 0.1) is 38.7 Å². The molecule has 3 aromatic heterocycles. The first-order valence-electron chi connectivity index (χ1n) is 11.5. The number of carbonyl (C=O) groups is 2. The van der Waals surface area contributed by atoms with Crippen molar-refractivity contribution in [1.82, 2.24) is 14.9 Å². The summed E-state index contributed by atoms with van der Waals surface area (Å²) in [6, 6.07) is 3.49. The fourth-order valence-corrected chi connectivity index (χ4v) is 6.50. The van der Waals surface area contributed by atoms with Crippen molar-refractivity contribution < 1.29 is 14.3 Å². The SMILES string of the molecule is CCOC(=O)C1CCN(c2ncc(C(=O)Nc3nc(-c4cc(Cl)cs4)c(CN(C)C)s3)cc2Cl)CC1. The van der Waals surface area contributed by atoms with Crippen molar-refractivity contribution in [3.8, 4) is 10.6 Å². The summed E-state index contributed by atoms with van der Waals surface area (Å²) in [4.78, 5) is 40.2. The quantitative estimate of drug-likeness (QED) is 0.351. The Kier molecular flexibility index (Phi) is 8.84. The van der Waals surface area contributed by atoms with Crippen molar-refractivity contribution in [2.45, 2.75) is 26.3 Å². The Morgan fingerprint density at radius 2 is 2.00 bits per heavy atom. The molecule has 1 aliphatic heterocycles. The molecule has 0 unspecified atom stereocenters. The predicted octanol–water partition coefficient (Wildman–Crippen LogP) is 5.67. The van der Waals surface area contributed by atoms with E-state index in [1.54, 1.807) is 6.07 Å². The zero-order chi connectivity index (χ0) is 25.8. The number of hydrogen-bond donors (Lipinski definition) is 1. The molecule has 12 heteroatoms. The lowest BCUT2D eigenvalue weighted by atomic mass is 9.97. The molecule has 192 valence electrons. The average Bonchev–Trinajstić information content (AvgIpc) is 3.44. The molecule has 0 saturated carbocycles. The number of nitrogens with zero attached hydrogens (tertiary/aromatic N) is 4. The maximum absolute atomic E-state index is 13.0. The summed E-state index contributed by atoms with van der Waals surface area (Å²) >= 11 is 15.6. The maximum Gasteiger partial charge on any atom is 0.309 e. The van der Waals surface area contributed by atoms with E-state index in [0.717, 1.165) is 15.4 Å². The van der Waals surface area contributed by atoms with Crippen LogP contribution in [0.15, 0.2) is 23.7 Å². The molecule has 8 nitrogen and oxygen atoms in total. The van der Waals surface area contributed by atoms with Crippen LogP contribution in [0.4, 0.5) is 10.9 Å². The zero-order valence-electron chi connectivity index (χ0n) is 20.2. The second kappa shape index (κ2) is 11.9. The van der Waals surface area contributed by atoms with Gasteiger partial charge in [0.25, 0.3) is 5.91 Å². The number of nitrogens with one attached hydrogen (secondary N) is 1. The van der Waals surface area contributed by atoms with Crippen LogP contribution in [0.1, 0.15) is 35.0 Å². The Hall–Kier alpha value is -2.24. The van der Waals surface area contributed by atoms with Crippen LogP contribution in [-0.4, -0.2) is 60.5 Å². The van der Waals surface area contributed by atoms with Gasteiger partial charge in [0.15, 0.2) is 5.13 Å². The third-order valence-corrected chi connectivity index (χ3v) is 8.20. The van der Waals surface area contributed by atoms with Crippen molar-refractivity contribution in [2.75, 3.05) is 44.0 Å². The van der Waals surface area contributed by atoms with Crippen LogP contribution in [-0.2, 0) is 16.1 Å². The van der Waals surface area contributed by atoms with Gasteiger partial charge in [-0.15, -0.1) is 11.3 Å². The highest BCUT2D eigenvalue weighted by Gasteiger charge is 2.28. The molecule has 0 aromatic carbocycles. The number of halogens is 2. The lowest BCUT2D eigenvalue weighted by Gasteiger charge is -2.32. The summed E-state index contributed by atoms with van der Waals surface area (Å²) < 4.78 is 5.14. The summed E-state index contributed by atoms with van der Waals surface area (Å²) in [6.45, 7) is 4.17. The molecule has 0 spiro atoms. The highest BCUT2D eigenvalue weighted by molar-refractivity contribution is 7.17. The lowest BCUT2D eigenvalue weighted by molar-refractivity contribution is -0.148. The van der Waals surface area contributed by atoms with Gasteiger partial charge in [0, 0.05) is 36.1 Å². The number of hydrogen-bond acceptors (Lipinski definition) is 9. The third-order valence-electron chi connectivity index (χ3n) is 5.68. The number of thiophene rings is 1. The highest BCUT2D eigenvalue weighted by Crippen LogP contribution is 2.37. The summed E-state index contributed by atoms with van der Waals surface area (Å²) in [5, 5.41) is 6.29. The molecule has 4 rings (SSSR count). The van der Waals surface area contributed by atoms with Crippen LogP contribution in [0, 0.1) is 5.92 Å². The summed E-state index contributed by atoms with van der Waals surface area (Å²) in [5.41, 5.74) is 1.16. The zero-order valence-corrected chi connectivity index (χ0v) is 23.4. The number of amides is 1. The number of piperidine rings is 1. The van der Waals surface area contributed by atoms with E-state index in [1.165, 1.54) is 28.9 Å². The van der Waals surface area contributed by atoms with Gasteiger partial charge in [-0.1, -0.05) is 34.5 Å². The third kappa shape index (κ3) is 6.36. The molecule has 0 bridgehead atoms. The van der Waals surface area contributed by atoms with Gasteiger partial charge >= 0.3 is 5.97 Å². The minimum Gasteiger partial charge on any atom is -0.466 e. The normalized spacial score (nSPS) is 14.3. The number of ether oxygens (including phenoxy) is 1. The van der Waals surface area contributed by atoms with E-state index >= 15 is 0 Å². The standard InChI is InChI=1S/C24H27Cl2N5O3S2/c1-4-34-23(33)14-5-7-31(8-6-14)21-17(26)9-15(11-27-21)22(32)29-24-28-20(18-10-16(25)13-35-18)19(36-24)12-30(2)3/h9-11,13-14H,4-8,12H2,1-3H3,(H,28,29,32). The van der Waals surface area contributed by atoms with Crippen LogP contribution < -0.4 is 10.2 Å². The van der Waals surface area contributed by atoms with Crippen LogP contribution >= 0.6 is 45.9 Å². The molecular weight excluding hydrogens is 541 g/mol. The van der Waals surface area contributed by atoms with Crippen LogP contribution in [0.3, 0.4) is 0 Å². The van der Waals surface area contributed by atoms with Gasteiger partial charge in [0.1, 0.15) is 5.82 Å². The predicted molar refractivity (Wildman–Crippen MR) is 147 cm³/mol. The van der Waals surface area contributed by atoms with Gasteiger partial charge in [0.2, 0.25) is 0 Å². The van der Waals surface area contributed by atoms with Crippen LogP contribution in [0.5, 0.6) is 0 Å². The minimum absolute atomic E-state index is 0.101. The number of anilines is 2. The van der Waals surface area contributed by atoms with Crippen LogP contribution in [0.2, 0.25) is 10.0 Å². The van der Waals surface area contributed by atoms with E-state index in [9.17, 15) is 9.59 Å². The van der Waals surface area contributed by atoms with Gasteiger partial charge < -0.3 is 14.5 Å². The van der Waals surface area contributed by atoms with Gasteiger partial charge in [-0.3, -0.25) is 14.9 Å². The van der Waals surface area contributed by atoms with Gasteiger partial charge in [-0.2, -0.15) is 0 Å². The smallest absolute Gasteiger partial charge is 0.309 e. The largest absolute Gasteiger partial charge is 0.466 e. The number of rotatable bonds is 8. The average molecular weight is 569 g/mol. The van der Waals surface area contributed by atoms with Crippen molar-refractivity contribution in [3.05, 3.63) is 44.2 Å². The second-order valence-corrected chi connectivity index (χ2v) is 11.5. The molecule has 1 aliphatic rings. The maximum atomic E-state index is 13.0. The van der Waals surface area contributed by atoms with Crippen LogP contribution in [0.25, 0.3) is 10.6 Å². The molecule has 3 aromatic rings. The Morgan fingerprint density at radius 1 is 1.25 bits per heavy atom. The molecule has 36 heavy (non-hydrogen) atoms. The van der Waals surface area contributed by atoms with Gasteiger partial charge in [-0.25, -0.2) is 9.97 Å². The molecule has 0 radical (unpaired) electrons. The molecule has 1 saturated heterocycles. The molecule has 1 N–H and O–H groups in total. The molecule has 1 fully saturated rings. The van der Waals surface area contributed by atoms with E-state index in [-0.39, 0.29) is 17.8 Å². The molecule has 1 amide bonds.